The molecule has 220 valence electrons. The van der Waals surface area contributed by atoms with Crippen LogP contribution in [0.25, 0.3) is 0 Å². The van der Waals surface area contributed by atoms with Crippen LogP contribution in [0.3, 0.4) is 0 Å². The van der Waals surface area contributed by atoms with Gasteiger partial charge in [0.05, 0.1) is 24.7 Å². The molecule has 3 N–H and O–H groups in total. The van der Waals surface area contributed by atoms with Gasteiger partial charge in [-0.25, -0.2) is 9.59 Å². The number of rotatable bonds is 12. The lowest BCUT2D eigenvalue weighted by molar-refractivity contribution is -0.126. The average molecular weight is 556 g/mol. The summed E-state index contributed by atoms with van der Waals surface area (Å²) in [6, 6.07) is 17.2. The highest BCUT2D eigenvalue weighted by atomic mass is 16.6. The predicted molar refractivity (Wildman–Crippen MR) is 155 cm³/mol. The molecule has 0 aliphatic carbocycles. The molecule has 2 aromatic carbocycles. The number of likely N-dealkylation sites (N-methyl/N-ethyl adjacent to an activating group) is 1. The second kappa shape index (κ2) is 14.3. The Labute approximate surface area is 238 Å². The van der Waals surface area contributed by atoms with E-state index in [4.69, 9.17) is 4.74 Å². The third kappa shape index (κ3) is 11.0. The van der Waals surface area contributed by atoms with Crippen LogP contribution < -0.4 is 5.32 Å². The Morgan fingerprint density at radius 1 is 0.875 bits per heavy atom. The van der Waals surface area contributed by atoms with E-state index in [1.807, 2.05) is 60.7 Å². The van der Waals surface area contributed by atoms with Crippen molar-refractivity contribution in [2.75, 3.05) is 20.1 Å². The fourth-order valence-corrected chi connectivity index (χ4v) is 4.57. The highest BCUT2D eigenvalue weighted by Gasteiger charge is 2.38. The normalized spacial score (nSPS) is 14.2. The van der Waals surface area contributed by atoms with Gasteiger partial charge in [-0.05, 0) is 66.1 Å². The lowest BCUT2D eigenvalue weighted by Gasteiger charge is -2.39. The number of amides is 2. The number of hydrogen-bond acceptors (Lipinski definition) is 6. The lowest BCUT2D eigenvalue weighted by atomic mass is 9.95. The number of carbonyl (C=O) groups is 3. The van der Waals surface area contributed by atoms with Crippen molar-refractivity contribution in [1.29, 1.82) is 0 Å². The summed E-state index contributed by atoms with van der Waals surface area (Å²) in [6.45, 7) is 10.6. The number of carbonyl (C=O) groups excluding carboxylic acids is 2. The Morgan fingerprint density at radius 2 is 1.38 bits per heavy atom. The number of alkyl carbamates (subject to hydrolysis) is 1. The minimum Gasteiger partial charge on any atom is -0.465 e. The molecule has 2 aromatic rings. The first-order valence-corrected chi connectivity index (χ1v) is 13.6. The Kier molecular flexibility index (Phi) is 11.7. The van der Waals surface area contributed by atoms with Crippen molar-refractivity contribution < 1.29 is 29.3 Å². The predicted octanol–water partition coefficient (Wildman–Crippen LogP) is 4.37. The van der Waals surface area contributed by atoms with Crippen LogP contribution in [0.5, 0.6) is 0 Å². The smallest absolute Gasteiger partial charge is 0.408 e. The third-order valence-corrected chi connectivity index (χ3v) is 6.27. The summed E-state index contributed by atoms with van der Waals surface area (Å²) in [5.74, 6) is -0.282. The zero-order chi connectivity index (χ0) is 30.1. The summed E-state index contributed by atoms with van der Waals surface area (Å²) in [4.78, 5) is 41.3. The molecule has 0 aliphatic heterocycles. The molecule has 0 aliphatic rings. The highest BCUT2D eigenvalue weighted by molar-refractivity contribution is 5.89. The molecule has 40 heavy (non-hydrogen) atoms. The average Bonchev–Trinajstić information content (AvgIpc) is 2.82. The maximum Gasteiger partial charge on any atom is 0.408 e. The fraction of sp³-hybridized carbons (Fsp3) is 0.516. The molecule has 3 atom stereocenters. The van der Waals surface area contributed by atoms with Crippen LogP contribution >= 0.6 is 0 Å². The first kappa shape index (κ1) is 32.8. The van der Waals surface area contributed by atoms with Gasteiger partial charge in [-0.15, -0.1) is 0 Å². The number of Topliss-reactive ketones (excluding diaryl/α,β-unsaturated/α-hetero) is 1. The minimum absolute atomic E-state index is 0.0691. The second-order valence-electron chi connectivity index (χ2n) is 12.2. The minimum atomic E-state index is -1.17. The van der Waals surface area contributed by atoms with Crippen molar-refractivity contribution in [2.45, 2.75) is 83.7 Å². The summed E-state index contributed by atoms with van der Waals surface area (Å²) < 4.78 is 5.40. The van der Waals surface area contributed by atoms with Gasteiger partial charge in [0.15, 0.2) is 5.78 Å². The SMILES string of the molecule is CN(CC(=O)[C@H](Cc1ccccc1)N(C(=O)O)C(C)(C)C)C[C@H](O)[C@H](Cc1ccccc1)NC(=O)OC(C)(C)C. The van der Waals surface area contributed by atoms with E-state index in [9.17, 15) is 24.6 Å². The number of nitrogens with one attached hydrogen (secondary N) is 1. The number of nitrogens with zero attached hydrogens (tertiary/aromatic N) is 2. The Bertz CT molecular complexity index is 1100. The quantitative estimate of drug-likeness (QED) is 0.356. The van der Waals surface area contributed by atoms with Crippen molar-refractivity contribution in [1.82, 2.24) is 15.1 Å². The molecule has 0 radical (unpaired) electrons. The van der Waals surface area contributed by atoms with E-state index >= 15 is 0 Å². The van der Waals surface area contributed by atoms with Gasteiger partial charge in [-0.1, -0.05) is 60.7 Å². The van der Waals surface area contributed by atoms with Crippen molar-refractivity contribution in [2.24, 2.45) is 0 Å². The van der Waals surface area contributed by atoms with Crippen molar-refractivity contribution >= 4 is 18.0 Å². The number of ketones is 1. The van der Waals surface area contributed by atoms with Gasteiger partial charge in [0.2, 0.25) is 0 Å². The first-order valence-electron chi connectivity index (χ1n) is 13.6. The lowest BCUT2D eigenvalue weighted by Crippen LogP contribution is -2.57. The molecule has 2 amide bonds. The van der Waals surface area contributed by atoms with E-state index in [1.165, 1.54) is 4.90 Å². The van der Waals surface area contributed by atoms with Crippen LogP contribution in [-0.2, 0) is 22.4 Å². The van der Waals surface area contributed by atoms with Gasteiger partial charge in [-0.2, -0.15) is 0 Å². The second-order valence-corrected chi connectivity index (χ2v) is 12.2. The van der Waals surface area contributed by atoms with Crippen LogP contribution in [0.15, 0.2) is 60.7 Å². The number of hydrogen-bond donors (Lipinski definition) is 3. The standard InChI is InChI=1S/C31H45N3O6/c1-30(2,3)34(29(38)39)25(19-23-16-12-9-13-17-23)27(36)21-33(7)20-26(35)24(18-22-14-10-8-11-15-22)32-28(37)40-31(4,5)6/h8-17,24-26,35H,18-21H2,1-7H3,(H,32,37)(H,38,39)/t24-,25-,26-/m0/s1. The molecule has 0 fully saturated rings. The largest absolute Gasteiger partial charge is 0.465 e. The Morgan fingerprint density at radius 3 is 1.82 bits per heavy atom. The van der Waals surface area contributed by atoms with Crippen LogP contribution in [0.4, 0.5) is 9.59 Å². The van der Waals surface area contributed by atoms with Crippen molar-refractivity contribution in [3.8, 4) is 0 Å². The van der Waals surface area contributed by atoms with E-state index in [-0.39, 0.29) is 25.3 Å². The highest BCUT2D eigenvalue weighted by Crippen LogP contribution is 2.22. The van der Waals surface area contributed by atoms with Crippen LogP contribution in [0, 0.1) is 0 Å². The molecular formula is C31H45N3O6. The molecule has 0 spiro atoms. The van der Waals surface area contributed by atoms with E-state index < -0.39 is 41.5 Å². The number of aliphatic hydroxyl groups is 1. The van der Waals surface area contributed by atoms with Gasteiger partial charge in [0.1, 0.15) is 5.60 Å². The monoisotopic (exact) mass is 555 g/mol. The molecule has 2 rings (SSSR count). The number of benzene rings is 2. The van der Waals surface area contributed by atoms with Gasteiger partial charge >= 0.3 is 12.2 Å². The molecule has 0 unspecified atom stereocenters. The third-order valence-electron chi connectivity index (χ3n) is 6.27. The van der Waals surface area contributed by atoms with E-state index in [2.05, 4.69) is 5.32 Å². The molecule has 0 heterocycles. The topological polar surface area (TPSA) is 119 Å². The number of aliphatic hydroxyl groups excluding tert-OH is 1. The number of ether oxygens (including phenoxy) is 1. The molecule has 0 saturated carbocycles. The van der Waals surface area contributed by atoms with E-state index in [0.29, 0.717) is 6.42 Å². The summed E-state index contributed by atoms with van der Waals surface area (Å²) in [5.41, 5.74) is 0.263. The van der Waals surface area contributed by atoms with Crippen molar-refractivity contribution in [3.05, 3.63) is 71.8 Å². The van der Waals surface area contributed by atoms with Gasteiger partial charge in [0, 0.05) is 18.5 Å². The summed E-state index contributed by atoms with van der Waals surface area (Å²) in [5, 5.41) is 24.0. The maximum atomic E-state index is 13.6. The van der Waals surface area contributed by atoms with Gasteiger partial charge < -0.3 is 20.3 Å². The summed E-state index contributed by atoms with van der Waals surface area (Å²) in [6.07, 6.45) is -2.26. The Balaban J connectivity index is 2.20. The molecule has 9 nitrogen and oxygen atoms in total. The van der Waals surface area contributed by atoms with Gasteiger partial charge in [-0.3, -0.25) is 14.6 Å². The molecule has 9 heteroatoms. The summed E-state index contributed by atoms with van der Waals surface area (Å²) in [7, 11) is 1.69. The Hall–Kier alpha value is -3.43. The molecule has 0 bridgehead atoms. The van der Waals surface area contributed by atoms with E-state index in [0.717, 1.165) is 11.1 Å². The van der Waals surface area contributed by atoms with Gasteiger partial charge in [0.25, 0.3) is 0 Å². The molecular weight excluding hydrogens is 510 g/mol. The first-order chi connectivity index (χ1) is 18.6. The zero-order valence-electron chi connectivity index (χ0n) is 24.8. The van der Waals surface area contributed by atoms with Crippen LogP contribution in [0.2, 0.25) is 0 Å². The summed E-state index contributed by atoms with van der Waals surface area (Å²) >= 11 is 0. The zero-order valence-corrected chi connectivity index (χ0v) is 24.8. The maximum absolute atomic E-state index is 13.6. The van der Waals surface area contributed by atoms with Crippen LogP contribution in [-0.4, -0.2) is 87.4 Å². The van der Waals surface area contributed by atoms with Crippen LogP contribution in [0.1, 0.15) is 52.7 Å². The number of carboxylic acid groups (broad SMARTS) is 1. The van der Waals surface area contributed by atoms with E-state index in [1.54, 1.807) is 53.5 Å². The van der Waals surface area contributed by atoms with Crippen molar-refractivity contribution in [3.63, 3.8) is 0 Å². The molecule has 0 saturated heterocycles. The fourth-order valence-electron chi connectivity index (χ4n) is 4.57. The molecule has 0 aromatic heterocycles.